The monoisotopic (exact) mass is 638 g/mol. The van der Waals surface area contributed by atoms with Crippen LogP contribution < -0.4 is 4.74 Å². The van der Waals surface area contributed by atoms with Gasteiger partial charge in [-0.15, -0.1) is 0 Å². The summed E-state index contributed by atoms with van der Waals surface area (Å²) < 4.78 is 6.84. The number of para-hydroxylation sites is 1. The fourth-order valence-corrected chi connectivity index (χ4v) is 9.00. The van der Waals surface area contributed by atoms with Gasteiger partial charge in [-0.3, -0.25) is 0 Å². The molecule has 0 amide bonds. The highest BCUT2D eigenvalue weighted by atomic mass is 16.5. The van der Waals surface area contributed by atoms with Crippen LogP contribution in [0.2, 0.25) is 0 Å². The van der Waals surface area contributed by atoms with Crippen molar-refractivity contribution < 1.29 is 4.74 Å². The maximum Gasteiger partial charge on any atom is 0.132 e. The molecule has 0 bridgehead atoms. The van der Waals surface area contributed by atoms with Gasteiger partial charge in [-0.05, 0) is 86.0 Å². The zero-order chi connectivity index (χ0) is 33.3. The highest BCUT2D eigenvalue weighted by molar-refractivity contribution is 5.99. The molecule has 0 spiro atoms. The Kier molecular flexibility index (Phi) is 6.29. The number of hydrogen-bond donors (Lipinski definition) is 0. The van der Waals surface area contributed by atoms with Crippen molar-refractivity contribution in [2.75, 3.05) is 0 Å². The standard InChI is InChI=1S/C49H34O/c1-48(36-16-5-2-6-17-36)44-31-34(26-28-40(44)41-29-25-33-15-11-12-22-39(33)47(41)48)35-27-30-43-46(32-35)50-45-24-14-13-23-42(45)49(43,37-18-7-3-8-19-37)38-20-9-4-10-21-38/h2-32H,1H3. The third-order valence-corrected chi connectivity index (χ3v) is 11.3. The summed E-state index contributed by atoms with van der Waals surface area (Å²) >= 11 is 0. The Morgan fingerprint density at radius 3 is 1.70 bits per heavy atom. The van der Waals surface area contributed by atoms with E-state index in [0.29, 0.717) is 0 Å². The van der Waals surface area contributed by atoms with Gasteiger partial charge in [0.2, 0.25) is 0 Å². The average Bonchev–Trinajstić information content (AvgIpc) is 3.46. The van der Waals surface area contributed by atoms with Gasteiger partial charge in [0.25, 0.3) is 0 Å². The van der Waals surface area contributed by atoms with Crippen molar-refractivity contribution in [3.8, 4) is 33.8 Å². The summed E-state index contributed by atoms with van der Waals surface area (Å²) in [5, 5.41) is 2.59. The van der Waals surface area contributed by atoms with E-state index in [0.717, 1.165) is 28.2 Å². The third kappa shape index (κ3) is 3.95. The van der Waals surface area contributed by atoms with E-state index in [9.17, 15) is 0 Å². The third-order valence-electron chi connectivity index (χ3n) is 11.3. The minimum atomic E-state index is -0.530. The van der Waals surface area contributed by atoms with Crippen molar-refractivity contribution in [1.29, 1.82) is 0 Å². The summed E-state index contributed by atoms with van der Waals surface area (Å²) in [5.74, 6) is 1.77. The molecule has 8 aromatic carbocycles. The van der Waals surface area contributed by atoms with Crippen molar-refractivity contribution in [1.82, 2.24) is 0 Å². The molecule has 0 saturated heterocycles. The van der Waals surface area contributed by atoms with E-state index in [1.54, 1.807) is 0 Å². The Morgan fingerprint density at radius 2 is 0.960 bits per heavy atom. The van der Waals surface area contributed by atoms with Crippen molar-refractivity contribution in [2.45, 2.75) is 17.8 Å². The van der Waals surface area contributed by atoms with Crippen LogP contribution in [0.15, 0.2) is 188 Å². The fraction of sp³-hybridized carbons (Fsp3) is 0.0612. The highest BCUT2D eigenvalue weighted by Gasteiger charge is 2.46. The van der Waals surface area contributed by atoms with Crippen LogP contribution in [0, 0.1) is 0 Å². The molecule has 1 unspecified atom stereocenters. The largest absolute Gasteiger partial charge is 0.457 e. The topological polar surface area (TPSA) is 9.23 Å². The van der Waals surface area contributed by atoms with Gasteiger partial charge in [-0.2, -0.15) is 0 Å². The predicted molar refractivity (Wildman–Crippen MR) is 205 cm³/mol. The summed E-state index contributed by atoms with van der Waals surface area (Å²) in [6, 6.07) is 68.6. The highest BCUT2D eigenvalue weighted by Crippen LogP contribution is 2.57. The molecule has 0 radical (unpaired) electrons. The smallest absolute Gasteiger partial charge is 0.132 e. The van der Waals surface area contributed by atoms with Crippen LogP contribution in [0.25, 0.3) is 33.0 Å². The molecular formula is C49H34O. The van der Waals surface area contributed by atoms with E-state index in [4.69, 9.17) is 4.74 Å². The minimum absolute atomic E-state index is 0.317. The van der Waals surface area contributed by atoms with E-state index in [1.807, 2.05) is 0 Å². The van der Waals surface area contributed by atoms with Gasteiger partial charge in [-0.1, -0.05) is 170 Å². The van der Waals surface area contributed by atoms with E-state index >= 15 is 0 Å². The van der Waals surface area contributed by atoms with Gasteiger partial charge in [0.05, 0.1) is 5.41 Å². The van der Waals surface area contributed by atoms with Gasteiger partial charge in [0, 0.05) is 16.5 Å². The van der Waals surface area contributed by atoms with E-state index in [-0.39, 0.29) is 5.41 Å². The Balaban J connectivity index is 1.19. The van der Waals surface area contributed by atoms with Crippen LogP contribution in [-0.2, 0) is 10.8 Å². The summed E-state index contributed by atoms with van der Waals surface area (Å²) in [5.41, 5.74) is 12.8. The van der Waals surface area contributed by atoms with Crippen molar-refractivity contribution in [3.05, 3.63) is 227 Å². The first kappa shape index (κ1) is 28.8. The van der Waals surface area contributed by atoms with E-state index in [2.05, 4.69) is 195 Å². The first-order valence-corrected chi connectivity index (χ1v) is 17.4. The molecule has 0 N–H and O–H groups in total. The summed E-state index contributed by atoms with van der Waals surface area (Å²) in [6.07, 6.45) is 0. The molecule has 2 aliphatic rings. The maximum absolute atomic E-state index is 6.84. The fourth-order valence-electron chi connectivity index (χ4n) is 9.00. The molecule has 1 heterocycles. The van der Waals surface area contributed by atoms with Crippen LogP contribution >= 0.6 is 0 Å². The first-order valence-electron chi connectivity index (χ1n) is 17.4. The lowest BCUT2D eigenvalue weighted by Gasteiger charge is -2.41. The van der Waals surface area contributed by atoms with E-state index < -0.39 is 5.41 Å². The van der Waals surface area contributed by atoms with Crippen molar-refractivity contribution in [2.24, 2.45) is 0 Å². The lowest BCUT2D eigenvalue weighted by molar-refractivity contribution is 0.435. The second-order valence-electron chi connectivity index (χ2n) is 13.8. The second-order valence-corrected chi connectivity index (χ2v) is 13.8. The molecule has 0 saturated carbocycles. The number of ether oxygens (including phenoxy) is 1. The van der Waals surface area contributed by atoms with Crippen molar-refractivity contribution >= 4 is 10.8 Å². The Hall–Kier alpha value is -6.18. The van der Waals surface area contributed by atoms with Crippen LogP contribution in [0.4, 0.5) is 0 Å². The summed E-state index contributed by atoms with van der Waals surface area (Å²) in [4.78, 5) is 0. The lowest BCUT2D eigenvalue weighted by Crippen LogP contribution is -2.34. The Labute approximate surface area is 293 Å². The van der Waals surface area contributed by atoms with Crippen LogP contribution in [0.3, 0.4) is 0 Å². The molecule has 1 aliphatic carbocycles. The maximum atomic E-state index is 6.84. The lowest BCUT2D eigenvalue weighted by atomic mass is 9.63. The first-order chi connectivity index (χ1) is 24.7. The van der Waals surface area contributed by atoms with Crippen LogP contribution in [0.1, 0.15) is 45.9 Å². The molecule has 1 heteroatoms. The average molecular weight is 639 g/mol. The summed E-state index contributed by atoms with van der Waals surface area (Å²) in [6.45, 7) is 2.41. The minimum Gasteiger partial charge on any atom is -0.457 e. The number of benzene rings is 8. The summed E-state index contributed by atoms with van der Waals surface area (Å²) in [7, 11) is 0. The molecule has 0 aromatic heterocycles. The van der Waals surface area contributed by atoms with Crippen LogP contribution in [-0.4, -0.2) is 0 Å². The molecule has 8 aromatic rings. The predicted octanol–water partition coefficient (Wildman–Crippen LogP) is 12.3. The normalized spacial score (nSPS) is 16.5. The molecule has 1 atom stereocenters. The zero-order valence-electron chi connectivity index (χ0n) is 27.8. The Bertz CT molecular complexity index is 2530. The number of rotatable bonds is 4. The molecule has 1 aliphatic heterocycles. The molecule has 10 rings (SSSR count). The van der Waals surface area contributed by atoms with Gasteiger partial charge in [0.15, 0.2) is 0 Å². The van der Waals surface area contributed by atoms with Gasteiger partial charge in [-0.25, -0.2) is 0 Å². The van der Waals surface area contributed by atoms with Gasteiger partial charge < -0.3 is 4.74 Å². The van der Waals surface area contributed by atoms with E-state index in [1.165, 1.54) is 55.3 Å². The molecule has 1 nitrogen and oxygen atoms in total. The molecule has 236 valence electrons. The second kappa shape index (κ2) is 10.9. The quantitative estimate of drug-likeness (QED) is 0.186. The van der Waals surface area contributed by atoms with Gasteiger partial charge in [0.1, 0.15) is 11.5 Å². The molecule has 0 fully saturated rings. The van der Waals surface area contributed by atoms with Crippen LogP contribution in [0.5, 0.6) is 11.5 Å². The zero-order valence-corrected chi connectivity index (χ0v) is 27.8. The number of fused-ring (bicyclic) bond motifs is 7. The molecular weight excluding hydrogens is 605 g/mol. The van der Waals surface area contributed by atoms with Crippen molar-refractivity contribution in [3.63, 3.8) is 0 Å². The SMILES string of the molecule is CC1(c2ccccc2)c2cc(-c3ccc4c(c3)Oc3ccccc3C4(c3ccccc3)c3ccccc3)ccc2-c2ccc3ccccc3c21. The Morgan fingerprint density at radius 1 is 0.400 bits per heavy atom. The number of hydrogen-bond acceptors (Lipinski definition) is 1. The molecule has 50 heavy (non-hydrogen) atoms. The van der Waals surface area contributed by atoms with Gasteiger partial charge >= 0.3 is 0 Å².